The summed E-state index contributed by atoms with van der Waals surface area (Å²) in [4.78, 5) is 17.7. The Kier molecular flexibility index (Phi) is 6.23. The summed E-state index contributed by atoms with van der Waals surface area (Å²) in [7, 11) is 3.30. The van der Waals surface area contributed by atoms with Gasteiger partial charge in [0.15, 0.2) is 0 Å². The van der Waals surface area contributed by atoms with Crippen molar-refractivity contribution in [1.82, 2.24) is 15.2 Å². The maximum absolute atomic E-state index is 12.0. The van der Waals surface area contributed by atoms with E-state index < -0.39 is 0 Å². The maximum atomic E-state index is 12.0. The molecule has 0 aliphatic heterocycles. The lowest BCUT2D eigenvalue weighted by Gasteiger charge is -2.18. The van der Waals surface area contributed by atoms with Crippen molar-refractivity contribution in [3.63, 3.8) is 0 Å². The van der Waals surface area contributed by atoms with Gasteiger partial charge in [-0.2, -0.15) is 0 Å². The molecule has 2 rings (SSSR count). The number of likely N-dealkylation sites (N-methyl/N-ethyl adjacent to an activating group) is 1. The Morgan fingerprint density at radius 1 is 1.22 bits per heavy atom. The molecule has 6 heteroatoms. The number of hydrogen-bond acceptors (Lipinski definition) is 4. The molecular formula is C17H21N3O3. The number of ether oxygens (including phenoxy) is 2. The van der Waals surface area contributed by atoms with E-state index in [4.69, 9.17) is 9.47 Å². The molecule has 0 aliphatic rings. The van der Waals surface area contributed by atoms with Gasteiger partial charge in [-0.1, -0.05) is 24.3 Å². The van der Waals surface area contributed by atoms with Crippen molar-refractivity contribution < 1.29 is 14.3 Å². The molecule has 0 saturated carbocycles. The second kappa shape index (κ2) is 8.63. The third-order valence-electron chi connectivity index (χ3n) is 3.24. The number of hydrogen-bond donors (Lipinski definition) is 1. The van der Waals surface area contributed by atoms with Gasteiger partial charge in [-0.3, -0.25) is 0 Å². The van der Waals surface area contributed by atoms with Gasteiger partial charge in [0.2, 0.25) is 5.88 Å². The van der Waals surface area contributed by atoms with Crippen molar-refractivity contribution in [2.45, 2.75) is 6.54 Å². The number of nitrogens with zero attached hydrogens (tertiary/aromatic N) is 2. The summed E-state index contributed by atoms with van der Waals surface area (Å²) in [6, 6.07) is 13.0. The molecule has 122 valence electrons. The lowest BCUT2D eigenvalue weighted by atomic mass is 10.3. The number of urea groups is 1. The molecular weight excluding hydrogens is 294 g/mol. The van der Waals surface area contributed by atoms with E-state index >= 15 is 0 Å². The Bertz CT molecular complexity index is 602. The van der Waals surface area contributed by atoms with Crippen LogP contribution in [0.15, 0.2) is 48.7 Å². The zero-order valence-corrected chi connectivity index (χ0v) is 13.4. The maximum Gasteiger partial charge on any atom is 0.317 e. The van der Waals surface area contributed by atoms with Crippen LogP contribution in [-0.4, -0.2) is 43.2 Å². The molecule has 1 heterocycles. The number of aromatic nitrogens is 1. The van der Waals surface area contributed by atoms with Crippen LogP contribution in [0.2, 0.25) is 0 Å². The van der Waals surface area contributed by atoms with E-state index in [0.717, 1.165) is 11.3 Å². The van der Waals surface area contributed by atoms with Crippen LogP contribution in [0.3, 0.4) is 0 Å². The predicted molar refractivity (Wildman–Crippen MR) is 87.6 cm³/mol. The van der Waals surface area contributed by atoms with Crippen LogP contribution >= 0.6 is 0 Å². The van der Waals surface area contributed by atoms with Crippen molar-refractivity contribution in [3.8, 4) is 11.6 Å². The Hall–Kier alpha value is -2.76. The van der Waals surface area contributed by atoms with Gasteiger partial charge in [0.05, 0.1) is 13.7 Å². The fraction of sp³-hybridized carbons (Fsp3) is 0.294. The molecule has 1 aromatic carbocycles. The number of para-hydroxylation sites is 1. The van der Waals surface area contributed by atoms with Gasteiger partial charge in [0.25, 0.3) is 0 Å². The standard InChI is InChI=1S/C17H21N3O3/c1-20(10-11-23-15-6-4-3-5-7-15)17(21)19-13-14-8-9-16(22-2)18-12-14/h3-9,12H,10-11,13H2,1-2H3,(H,19,21). The summed E-state index contributed by atoms with van der Waals surface area (Å²) in [5.74, 6) is 1.35. The highest BCUT2D eigenvalue weighted by Gasteiger charge is 2.08. The van der Waals surface area contributed by atoms with E-state index in [1.807, 2.05) is 36.4 Å². The van der Waals surface area contributed by atoms with Crippen molar-refractivity contribution in [2.75, 3.05) is 27.3 Å². The molecule has 0 spiro atoms. The van der Waals surface area contributed by atoms with Gasteiger partial charge in [-0.15, -0.1) is 0 Å². The van der Waals surface area contributed by atoms with Crippen LogP contribution in [-0.2, 0) is 6.54 Å². The van der Waals surface area contributed by atoms with E-state index in [-0.39, 0.29) is 6.03 Å². The minimum Gasteiger partial charge on any atom is -0.492 e. The van der Waals surface area contributed by atoms with Crippen molar-refractivity contribution in [1.29, 1.82) is 0 Å². The van der Waals surface area contributed by atoms with Crippen molar-refractivity contribution in [3.05, 3.63) is 54.2 Å². The molecule has 23 heavy (non-hydrogen) atoms. The van der Waals surface area contributed by atoms with E-state index in [1.165, 1.54) is 0 Å². The highest BCUT2D eigenvalue weighted by molar-refractivity contribution is 5.73. The average molecular weight is 315 g/mol. The molecule has 1 N–H and O–H groups in total. The van der Waals surface area contributed by atoms with Crippen LogP contribution in [0.25, 0.3) is 0 Å². The molecule has 6 nitrogen and oxygen atoms in total. The Morgan fingerprint density at radius 3 is 2.65 bits per heavy atom. The largest absolute Gasteiger partial charge is 0.492 e. The van der Waals surface area contributed by atoms with E-state index in [1.54, 1.807) is 31.3 Å². The van der Waals surface area contributed by atoms with Gasteiger partial charge in [-0.25, -0.2) is 9.78 Å². The van der Waals surface area contributed by atoms with E-state index in [9.17, 15) is 4.79 Å². The summed E-state index contributed by atoms with van der Waals surface area (Å²) in [5, 5.41) is 2.84. The molecule has 0 fully saturated rings. The summed E-state index contributed by atoms with van der Waals surface area (Å²) < 4.78 is 10.6. The number of nitrogens with one attached hydrogen (secondary N) is 1. The first kappa shape index (κ1) is 16.6. The fourth-order valence-corrected chi connectivity index (χ4v) is 1.87. The monoisotopic (exact) mass is 315 g/mol. The van der Waals surface area contributed by atoms with Crippen molar-refractivity contribution >= 4 is 6.03 Å². The topological polar surface area (TPSA) is 63.7 Å². The number of carbonyl (C=O) groups excluding carboxylic acids is 1. The average Bonchev–Trinajstić information content (AvgIpc) is 2.61. The number of benzene rings is 1. The number of methoxy groups -OCH3 is 1. The minimum absolute atomic E-state index is 0.155. The van der Waals surface area contributed by atoms with Crippen LogP contribution in [0.5, 0.6) is 11.6 Å². The van der Waals surface area contributed by atoms with Gasteiger partial charge in [0, 0.05) is 25.9 Å². The molecule has 0 unspecified atom stereocenters. The van der Waals surface area contributed by atoms with Gasteiger partial charge in [0.1, 0.15) is 12.4 Å². The molecule has 2 aromatic rings. The SMILES string of the molecule is COc1ccc(CNC(=O)N(C)CCOc2ccccc2)cn1. The Balaban J connectivity index is 1.69. The Morgan fingerprint density at radius 2 is 2.00 bits per heavy atom. The minimum atomic E-state index is -0.155. The lowest BCUT2D eigenvalue weighted by molar-refractivity contribution is 0.195. The quantitative estimate of drug-likeness (QED) is 0.851. The summed E-state index contributed by atoms with van der Waals surface area (Å²) in [6.07, 6.45) is 1.68. The molecule has 0 aliphatic carbocycles. The van der Waals surface area contributed by atoms with Crippen LogP contribution in [0, 0.1) is 0 Å². The number of pyridine rings is 1. The number of carbonyl (C=O) groups is 1. The Labute approximate surface area is 136 Å². The van der Waals surface area contributed by atoms with Gasteiger partial charge >= 0.3 is 6.03 Å². The van der Waals surface area contributed by atoms with E-state index in [0.29, 0.717) is 25.6 Å². The summed E-state index contributed by atoms with van der Waals surface area (Å²) >= 11 is 0. The summed E-state index contributed by atoms with van der Waals surface area (Å²) in [5.41, 5.74) is 0.910. The van der Waals surface area contributed by atoms with Crippen LogP contribution in [0.1, 0.15) is 5.56 Å². The number of amides is 2. The van der Waals surface area contributed by atoms with Crippen LogP contribution in [0.4, 0.5) is 4.79 Å². The predicted octanol–water partition coefficient (Wildman–Crippen LogP) is 2.31. The fourth-order valence-electron chi connectivity index (χ4n) is 1.87. The molecule has 2 amide bonds. The highest BCUT2D eigenvalue weighted by Crippen LogP contribution is 2.08. The lowest BCUT2D eigenvalue weighted by Crippen LogP contribution is -2.39. The first-order valence-corrected chi connectivity index (χ1v) is 7.35. The van der Waals surface area contributed by atoms with Crippen molar-refractivity contribution in [2.24, 2.45) is 0 Å². The smallest absolute Gasteiger partial charge is 0.317 e. The van der Waals surface area contributed by atoms with Gasteiger partial charge < -0.3 is 19.7 Å². The van der Waals surface area contributed by atoms with Gasteiger partial charge in [-0.05, 0) is 17.7 Å². The van der Waals surface area contributed by atoms with E-state index in [2.05, 4.69) is 10.3 Å². The molecule has 0 bridgehead atoms. The zero-order chi connectivity index (χ0) is 16.5. The first-order chi connectivity index (χ1) is 11.2. The zero-order valence-electron chi connectivity index (χ0n) is 13.4. The second-order valence-corrected chi connectivity index (χ2v) is 4.95. The summed E-state index contributed by atoms with van der Waals surface area (Å²) in [6.45, 7) is 1.36. The molecule has 0 radical (unpaired) electrons. The normalized spacial score (nSPS) is 10.0. The first-order valence-electron chi connectivity index (χ1n) is 7.35. The molecule has 0 saturated heterocycles. The molecule has 1 aromatic heterocycles. The highest BCUT2D eigenvalue weighted by atomic mass is 16.5. The third-order valence-corrected chi connectivity index (χ3v) is 3.24. The number of rotatable bonds is 7. The third kappa shape index (κ3) is 5.50. The molecule has 0 atom stereocenters. The van der Waals surface area contributed by atoms with Crippen LogP contribution < -0.4 is 14.8 Å². The second-order valence-electron chi connectivity index (χ2n) is 4.95.